The van der Waals surface area contributed by atoms with Crippen molar-refractivity contribution in [3.63, 3.8) is 0 Å². The van der Waals surface area contributed by atoms with Gasteiger partial charge in [-0.25, -0.2) is 4.98 Å². The Morgan fingerprint density at radius 3 is 2.67 bits per heavy atom. The highest BCUT2D eigenvalue weighted by Crippen LogP contribution is 2.27. The van der Waals surface area contributed by atoms with E-state index in [1.165, 1.54) is 12.5 Å². The van der Waals surface area contributed by atoms with Gasteiger partial charge in [0.05, 0.1) is 0 Å². The first kappa shape index (κ1) is 19.1. The highest BCUT2D eigenvalue weighted by molar-refractivity contribution is 5.87. The molecule has 27 heavy (non-hydrogen) atoms. The summed E-state index contributed by atoms with van der Waals surface area (Å²) in [5.74, 6) is 0.948. The highest BCUT2D eigenvalue weighted by Gasteiger charge is 2.31. The number of carbonyl (C=O) groups is 2. The molecule has 0 radical (unpaired) electrons. The van der Waals surface area contributed by atoms with Crippen molar-refractivity contribution < 1.29 is 9.59 Å². The summed E-state index contributed by atoms with van der Waals surface area (Å²) in [7, 11) is 0. The number of nitrogens with one attached hydrogen (secondary N) is 2. The van der Waals surface area contributed by atoms with Crippen LogP contribution in [0.3, 0.4) is 0 Å². The van der Waals surface area contributed by atoms with E-state index in [9.17, 15) is 9.59 Å². The van der Waals surface area contributed by atoms with Gasteiger partial charge >= 0.3 is 0 Å². The number of benzene rings is 1. The fraction of sp³-hybridized carbons (Fsp3) is 0.476. The van der Waals surface area contributed by atoms with Gasteiger partial charge in [-0.3, -0.25) is 9.59 Å². The Balaban J connectivity index is 1.53. The number of hydrogen-bond acceptors (Lipinski definition) is 3. The Hall–Kier alpha value is -2.63. The first-order chi connectivity index (χ1) is 13.1. The maximum Gasteiger partial charge on any atom is 0.242 e. The Kier molecular flexibility index (Phi) is 6.63. The maximum absolute atomic E-state index is 12.6. The van der Waals surface area contributed by atoms with E-state index < -0.39 is 6.04 Å². The zero-order valence-corrected chi connectivity index (χ0v) is 15.9. The average Bonchev–Trinajstić information content (AvgIpc) is 3.33. The minimum Gasteiger partial charge on any atom is -0.354 e. The normalized spacial score (nSPS) is 15.4. The molecule has 1 aromatic heterocycles. The second-order valence-corrected chi connectivity index (χ2v) is 7.22. The van der Waals surface area contributed by atoms with Gasteiger partial charge in [-0.05, 0) is 24.3 Å². The Bertz CT molecular complexity index is 751. The van der Waals surface area contributed by atoms with Crippen LogP contribution in [0.4, 0.5) is 0 Å². The largest absolute Gasteiger partial charge is 0.354 e. The number of aromatic nitrogens is 2. The number of amides is 2. The summed E-state index contributed by atoms with van der Waals surface area (Å²) in [5.41, 5.74) is 1.22. The van der Waals surface area contributed by atoms with Crippen molar-refractivity contribution in [1.82, 2.24) is 20.2 Å². The molecule has 2 aromatic rings. The van der Waals surface area contributed by atoms with Crippen LogP contribution in [0, 0.1) is 5.92 Å². The minimum atomic E-state index is -0.422. The predicted molar refractivity (Wildman–Crippen MR) is 104 cm³/mol. The lowest BCUT2D eigenvalue weighted by Gasteiger charge is -2.23. The molecule has 0 saturated heterocycles. The summed E-state index contributed by atoms with van der Waals surface area (Å²) in [4.78, 5) is 28.5. The predicted octanol–water partition coefficient (Wildman–Crippen LogP) is 2.29. The molecule has 1 aliphatic carbocycles. The van der Waals surface area contributed by atoms with Gasteiger partial charge < -0.3 is 15.2 Å². The quantitative estimate of drug-likeness (QED) is 0.751. The van der Waals surface area contributed by atoms with Gasteiger partial charge in [0.1, 0.15) is 11.9 Å². The molecule has 0 bridgehead atoms. The molecule has 1 aliphatic rings. The maximum atomic E-state index is 12.6. The Morgan fingerprint density at radius 2 is 1.96 bits per heavy atom. The van der Waals surface area contributed by atoms with Gasteiger partial charge in [0.25, 0.3) is 0 Å². The summed E-state index contributed by atoms with van der Waals surface area (Å²) >= 11 is 0. The molecule has 1 unspecified atom stereocenters. The van der Waals surface area contributed by atoms with Gasteiger partial charge in [-0.1, -0.05) is 43.2 Å². The van der Waals surface area contributed by atoms with E-state index in [0.717, 1.165) is 38.1 Å². The van der Waals surface area contributed by atoms with Gasteiger partial charge in [0, 0.05) is 38.8 Å². The van der Waals surface area contributed by atoms with Crippen LogP contribution in [0.2, 0.25) is 0 Å². The van der Waals surface area contributed by atoms with Crippen LogP contribution in [0.1, 0.15) is 44.0 Å². The van der Waals surface area contributed by atoms with Crippen molar-refractivity contribution >= 4 is 11.8 Å². The molecule has 1 saturated carbocycles. The molecule has 1 heterocycles. The smallest absolute Gasteiger partial charge is 0.242 e. The van der Waals surface area contributed by atoms with Crippen LogP contribution in [0.25, 0.3) is 0 Å². The lowest BCUT2D eigenvalue weighted by Crippen LogP contribution is -2.50. The molecule has 1 fully saturated rings. The molecule has 0 spiro atoms. The van der Waals surface area contributed by atoms with E-state index in [4.69, 9.17) is 0 Å². The molecule has 2 N–H and O–H groups in total. The fourth-order valence-corrected chi connectivity index (χ4v) is 3.81. The van der Waals surface area contributed by atoms with Crippen molar-refractivity contribution in [3.8, 4) is 0 Å². The van der Waals surface area contributed by atoms with Crippen LogP contribution >= 0.6 is 0 Å². The standard InChI is InChI=1S/C21H28N4O2/c1-16(26)24-20(18-9-5-6-10-18)21(27)23-12-11-19-22-13-14-25(19)15-17-7-3-2-4-8-17/h2-4,7-8,13-14,18,20H,5-6,9-12,15H2,1H3,(H,23,27)(H,24,26). The van der Waals surface area contributed by atoms with Crippen LogP contribution in [0.15, 0.2) is 42.7 Å². The summed E-state index contributed by atoms with van der Waals surface area (Å²) in [6, 6.07) is 9.81. The zero-order chi connectivity index (χ0) is 19.1. The lowest BCUT2D eigenvalue weighted by molar-refractivity contribution is -0.129. The number of nitrogens with zero attached hydrogens (tertiary/aromatic N) is 2. The SMILES string of the molecule is CC(=O)NC(C(=O)NCCc1nccn1Cc1ccccc1)C1CCCC1. The molecule has 2 amide bonds. The van der Waals surface area contributed by atoms with Gasteiger partial charge in [-0.15, -0.1) is 0 Å². The molecule has 6 heteroatoms. The van der Waals surface area contributed by atoms with Crippen molar-refractivity contribution in [1.29, 1.82) is 0 Å². The summed E-state index contributed by atoms with van der Waals surface area (Å²) in [6.07, 6.45) is 8.67. The Morgan fingerprint density at radius 1 is 1.22 bits per heavy atom. The topological polar surface area (TPSA) is 76.0 Å². The van der Waals surface area contributed by atoms with Gasteiger partial charge in [0.2, 0.25) is 11.8 Å². The zero-order valence-electron chi connectivity index (χ0n) is 15.9. The number of carbonyl (C=O) groups excluding carboxylic acids is 2. The van der Waals surface area contributed by atoms with E-state index in [1.807, 2.05) is 24.4 Å². The van der Waals surface area contributed by atoms with Crippen molar-refractivity contribution in [2.24, 2.45) is 5.92 Å². The highest BCUT2D eigenvalue weighted by atomic mass is 16.2. The number of hydrogen-bond donors (Lipinski definition) is 2. The average molecular weight is 368 g/mol. The van der Waals surface area contributed by atoms with E-state index in [1.54, 1.807) is 6.20 Å². The first-order valence-corrected chi connectivity index (χ1v) is 9.72. The van der Waals surface area contributed by atoms with Crippen LogP contribution < -0.4 is 10.6 Å². The molecule has 3 rings (SSSR count). The number of rotatable bonds is 8. The molecule has 1 aromatic carbocycles. The molecule has 144 valence electrons. The van der Waals surface area contributed by atoms with Crippen molar-refractivity contribution in [2.75, 3.05) is 6.54 Å². The molecular weight excluding hydrogens is 340 g/mol. The third-order valence-electron chi connectivity index (χ3n) is 5.16. The van der Waals surface area contributed by atoms with Crippen LogP contribution in [-0.4, -0.2) is 34.0 Å². The summed E-state index contributed by atoms with van der Waals surface area (Å²) in [6.45, 7) is 2.74. The lowest BCUT2D eigenvalue weighted by atomic mass is 9.97. The van der Waals surface area contributed by atoms with Crippen molar-refractivity contribution in [2.45, 2.75) is 51.6 Å². The van der Waals surface area contributed by atoms with E-state index in [0.29, 0.717) is 13.0 Å². The van der Waals surface area contributed by atoms with E-state index >= 15 is 0 Å². The first-order valence-electron chi connectivity index (χ1n) is 9.72. The van der Waals surface area contributed by atoms with Crippen molar-refractivity contribution in [3.05, 3.63) is 54.1 Å². The molecule has 0 aliphatic heterocycles. The van der Waals surface area contributed by atoms with E-state index in [2.05, 4.69) is 32.3 Å². The molecule has 6 nitrogen and oxygen atoms in total. The fourth-order valence-electron chi connectivity index (χ4n) is 3.81. The molecular formula is C21H28N4O2. The number of imidazole rings is 1. The second kappa shape index (κ2) is 9.35. The third kappa shape index (κ3) is 5.42. The van der Waals surface area contributed by atoms with Gasteiger partial charge in [-0.2, -0.15) is 0 Å². The summed E-state index contributed by atoms with van der Waals surface area (Å²) in [5, 5.41) is 5.82. The monoisotopic (exact) mass is 368 g/mol. The van der Waals surface area contributed by atoms with Gasteiger partial charge in [0.15, 0.2) is 0 Å². The van der Waals surface area contributed by atoms with E-state index in [-0.39, 0.29) is 17.7 Å². The summed E-state index contributed by atoms with van der Waals surface area (Å²) < 4.78 is 2.10. The Labute approximate surface area is 160 Å². The third-order valence-corrected chi connectivity index (χ3v) is 5.16. The van der Waals surface area contributed by atoms with Crippen LogP contribution in [0.5, 0.6) is 0 Å². The minimum absolute atomic E-state index is 0.0849. The molecule has 1 atom stereocenters. The second-order valence-electron chi connectivity index (χ2n) is 7.22. The van der Waals surface area contributed by atoms with Crippen LogP contribution in [-0.2, 0) is 22.6 Å².